The van der Waals surface area contributed by atoms with Crippen molar-refractivity contribution in [2.75, 3.05) is 31.6 Å². The lowest BCUT2D eigenvalue weighted by Gasteiger charge is -2.37. The fourth-order valence-corrected chi connectivity index (χ4v) is 4.19. The molecule has 0 unspecified atom stereocenters. The zero-order valence-corrected chi connectivity index (χ0v) is 16.3. The first-order chi connectivity index (χ1) is 13.7. The average molecular weight is 428 g/mol. The van der Waals surface area contributed by atoms with Crippen LogP contribution in [0, 0.1) is 0 Å². The predicted octanol–water partition coefficient (Wildman–Crippen LogP) is 2.17. The second kappa shape index (κ2) is 7.11. The van der Waals surface area contributed by atoms with Crippen molar-refractivity contribution in [3.8, 4) is 17.1 Å². The third-order valence-electron chi connectivity index (χ3n) is 5.04. The van der Waals surface area contributed by atoms with E-state index in [0.29, 0.717) is 47.3 Å². The van der Waals surface area contributed by atoms with Crippen molar-refractivity contribution in [1.82, 2.24) is 19.6 Å². The van der Waals surface area contributed by atoms with Gasteiger partial charge in [0.2, 0.25) is 16.0 Å². The first-order valence-corrected chi connectivity index (χ1v) is 9.70. The molecular weight excluding hydrogens is 409 g/mol. The molecule has 12 heteroatoms. The maximum Gasteiger partial charge on any atom is 0.433 e. The van der Waals surface area contributed by atoms with Crippen LogP contribution >= 0.6 is 11.3 Å². The fourth-order valence-electron chi connectivity index (χ4n) is 3.26. The molecule has 1 saturated heterocycles. The highest BCUT2D eigenvalue weighted by Crippen LogP contribution is 2.36. The number of alkyl halides is 3. The molecule has 0 amide bonds. The fraction of sp³-hybridized carbons (Fsp3) is 0.471. The van der Waals surface area contributed by atoms with Gasteiger partial charge in [-0.1, -0.05) is 11.3 Å². The van der Waals surface area contributed by atoms with Crippen LogP contribution in [0.15, 0.2) is 18.3 Å². The molecule has 1 aliphatic heterocycles. The first kappa shape index (κ1) is 19.9. The van der Waals surface area contributed by atoms with Crippen LogP contribution in [0.3, 0.4) is 0 Å². The van der Waals surface area contributed by atoms with Gasteiger partial charge in [0.1, 0.15) is 5.69 Å². The first-order valence-electron chi connectivity index (χ1n) is 8.89. The zero-order valence-electron chi connectivity index (χ0n) is 15.5. The highest BCUT2D eigenvalue weighted by Gasteiger charge is 2.34. The number of hydrogen-bond acceptors (Lipinski definition) is 8. The van der Waals surface area contributed by atoms with Gasteiger partial charge in [0.15, 0.2) is 0 Å². The lowest BCUT2D eigenvalue weighted by molar-refractivity contribution is -0.141. The van der Waals surface area contributed by atoms with Gasteiger partial charge in [-0.3, -0.25) is 0 Å². The molecule has 8 nitrogen and oxygen atoms in total. The maximum absolute atomic E-state index is 12.9. The summed E-state index contributed by atoms with van der Waals surface area (Å²) in [6.07, 6.45) is -1.96. The summed E-state index contributed by atoms with van der Waals surface area (Å²) in [6.45, 7) is 1.42. The molecule has 4 rings (SSSR count). The Bertz CT molecular complexity index is 1030. The molecule has 1 aliphatic rings. The number of hydrogen-bond donors (Lipinski definition) is 2. The number of fused-ring (bicyclic) bond motifs is 1. The summed E-state index contributed by atoms with van der Waals surface area (Å²) in [5.74, 6) is -0.151. The molecule has 29 heavy (non-hydrogen) atoms. The molecule has 0 radical (unpaired) electrons. The number of rotatable bonds is 4. The molecule has 3 N–H and O–H groups in total. The highest BCUT2D eigenvalue weighted by atomic mass is 32.1. The van der Waals surface area contributed by atoms with E-state index in [2.05, 4.69) is 15.1 Å². The Labute approximate surface area is 167 Å². The Morgan fingerprint density at radius 3 is 2.66 bits per heavy atom. The quantitative estimate of drug-likeness (QED) is 0.657. The third-order valence-corrected chi connectivity index (χ3v) is 6.02. The van der Waals surface area contributed by atoms with Gasteiger partial charge in [-0.2, -0.15) is 13.2 Å². The summed E-state index contributed by atoms with van der Waals surface area (Å²) in [7, 11) is 1.27. The number of pyridine rings is 1. The van der Waals surface area contributed by atoms with Gasteiger partial charge in [-0.05, 0) is 25.0 Å². The van der Waals surface area contributed by atoms with Gasteiger partial charge >= 0.3 is 6.18 Å². The van der Waals surface area contributed by atoms with Crippen molar-refractivity contribution in [2.24, 2.45) is 5.73 Å². The van der Waals surface area contributed by atoms with Gasteiger partial charge in [0.25, 0.3) is 0 Å². The van der Waals surface area contributed by atoms with Crippen LogP contribution in [0.5, 0.6) is 5.88 Å². The second-order valence-electron chi connectivity index (χ2n) is 6.89. The van der Waals surface area contributed by atoms with Gasteiger partial charge in [-0.15, -0.1) is 5.10 Å². The Balaban J connectivity index is 1.67. The minimum Gasteiger partial charge on any atom is -0.480 e. The van der Waals surface area contributed by atoms with Crippen LogP contribution in [-0.2, 0) is 6.18 Å². The van der Waals surface area contributed by atoms with Crippen LogP contribution in [-0.4, -0.2) is 57.0 Å². The average Bonchev–Trinajstić information content (AvgIpc) is 3.28. The molecule has 4 heterocycles. The minimum atomic E-state index is -4.56. The number of nitrogens with zero attached hydrogens (tertiary/aromatic N) is 5. The van der Waals surface area contributed by atoms with E-state index in [1.54, 1.807) is 4.52 Å². The number of aliphatic hydroxyl groups is 1. The number of ether oxygens (including phenoxy) is 1. The monoisotopic (exact) mass is 428 g/mol. The lowest BCUT2D eigenvalue weighted by atomic mass is 9.92. The van der Waals surface area contributed by atoms with Crippen molar-refractivity contribution in [1.29, 1.82) is 0 Å². The number of nitrogens with two attached hydrogens (primary N) is 1. The largest absolute Gasteiger partial charge is 0.480 e. The summed E-state index contributed by atoms with van der Waals surface area (Å²) in [5, 5.41) is 15.6. The number of aromatic nitrogens is 4. The van der Waals surface area contributed by atoms with Crippen molar-refractivity contribution in [3.05, 3.63) is 24.0 Å². The minimum absolute atomic E-state index is 0.151. The Hall–Kier alpha value is -2.44. The Kier molecular flexibility index (Phi) is 4.87. The van der Waals surface area contributed by atoms with Crippen molar-refractivity contribution < 1.29 is 23.0 Å². The van der Waals surface area contributed by atoms with E-state index in [0.717, 1.165) is 6.07 Å². The van der Waals surface area contributed by atoms with Gasteiger partial charge in [0, 0.05) is 19.6 Å². The summed E-state index contributed by atoms with van der Waals surface area (Å²) in [6, 6.07) is 2.21. The highest BCUT2D eigenvalue weighted by molar-refractivity contribution is 7.20. The summed E-state index contributed by atoms with van der Waals surface area (Å²) in [4.78, 5) is 10.5. The van der Waals surface area contributed by atoms with Crippen molar-refractivity contribution in [3.63, 3.8) is 0 Å². The van der Waals surface area contributed by atoms with Crippen LogP contribution in [0.25, 0.3) is 16.2 Å². The van der Waals surface area contributed by atoms with Crippen molar-refractivity contribution >= 4 is 21.4 Å². The number of methoxy groups -OCH3 is 1. The standard InChI is InChI=1S/C17H19F3N6O2S/c1-28-13-10(2-3-12(23-13)17(18,19)20)11-8-22-14-26(11)24-15(29-14)25-6-4-16(27,9-21)5-7-25/h2-3,8,27H,4-7,9,21H2,1H3. The summed E-state index contributed by atoms with van der Waals surface area (Å²) in [5.41, 5.74) is 4.60. The molecule has 1 fully saturated rings. The zero-order chi connectivity index (χ0) is 20.8. The van der Waals surface area contributed by atoms with E-state index in [1.807, 2.05) is 4.90 Å². The third kappa shape index (κ3) is 3.63. The van der Waals surface area contributed by atoms with Crippen LogP contribution in [0.1, 0.15) is 18.5 Å². The van der Waals surface area contributed by atoms with Gasteiger partial charge in [0.05, 0.1) is 30.2 Å². The maximum atomic E-state index is 12.9. The molecule has 0 atom stereocenters. The van der Waals surface area contributed by atoms with E-state index in [1.165, 1.54) is 30.7 Å². The topological polar surface area (TPSA) is 102 Å². The van der Waals surface area contributed by atoms with Crippen LogP contribution < -0.4 is 15.4 Å². The van der Waals surface area contributed by atoms with Gasteiger partial charge < -0.3 is 20.5 Å². The van der Waals surface area contributed by atoms with E-state index >= 15 is 0 Å². The molecule has 0 aromatic carbocycles. The number of imidazole rings is 1. The van der Waals surface area contributed by atoms with E-state index in [9.17, 15) is 18.3 Å². The van der Waals surface area contributed by atoms with Gasteiger partial charge in [-0.25, -0.2) is 14.5 Å². The summed E-state index contributed by atoms with van der Waals surface area (Å²) < 4.78 is 45.5. The smallest absolute Gasteiger partial charge is 0.433 e. The molecule has 0 saturated carbocycles. The number of halogens is 3. The predicted molar refractivity (Wildman–Crippen MR) is 101 cm³/mol. The number of anilines is 1. The van der Waals surface area contributed by atoms with E-state index in [4.69, 9.17) is 10.5 Å². The molecule has 3 aromatic rings. The molecule has 0 spiro atoms. The Morgan fingerprint density at radius 1 is 1.31 bits per heavy atom. The SMILES string of the molecule is COc1nc(C(F)(F)F)ccc1-c1cnc2sc(N3CCC(O)(CN)CC3)nn12. The lowest BCUT2D eigenvalue weighted by Crippen LogP contribution is -2.48. The summed E-state index contributed by atoms with van der Waals surface area (Å²) >= 11 is 1.36. The molecule has 156 valence electrons. The van der Waals surface area contributed by atoms with E-state index < -0.39 is 17.5 Å². The molecule has 0 bridgehead atoms. The van der Waals surface area contributed by atoms with Crippen molar-refractivity contribution in [2.45, 2.75) is 24.6 Å². The molecule has 0 aliphatic carbocycles. The van der Waals surface area contributed by atoms with Crippen LogP contribution in [0.4, 0.5) is 18.3 Å². The Morgan fingerprint density at radius 2 is 2.03 bits per heavy atom. The molecule has 3 aromatic heterocycles. The molecular formula is C17H19F3N6O2S. The normalized spacial score (nSPS) is 17.1. The number of piperidine rings is 1. The second-order valence-corrected chi connectivity index (χ2v) is 7.82. The van der Waals surface area contributed by atoms with Crippen LogP contribution in [0.2, 0.25) is 0 Å². The van der Waals surface area contributed by atoms with E-state index in [-0.39, 0.29) is 12.4 Å².